The predicted molar refractivity (Wildman–Crippen MR) is 147 cm³/mol. The summed E-state index contributed by atoms with van der Waals surface area (Å²) in [5, 5.41) is 9.68. The average Bonchev–Trinajstić information content (AvgIpc) is 2.89. The minimum atomic E-state index is -4.45. The monoisotopic (exact) mass is 612 g/mol. The van der Waals surface area contributed by atoms with E-state index in [-0.39, 0.29) is 5.92 Å². The van der Waals surface area contributed by atoms with Crippen molar-refractivity contribution in [3.63, 3.8) is 0 Å². The van der Waals surface area contributed by atoms with E-state index in [0.29, 0.717) is 22.2 Å². The van der Waals surface area contributed by atoms with Crippen molar-refractivity contribution in [3.8, 4) is 11.1 Å². The van der Waals surface area contributed by atoms with E-state index in [0.717, 1.165) is 33.6 Å². The molecule has 0 spiro atoms. The van der Waals surface area contributed by atoms with Crippen LogP contribution < -0.4 is 0 Å². The van der Waals surface area contributed by atoms with Crippen LogP contribution in [0, 0.1) is 5.92 Å². The average molecular weight is 613 g/mol. The van der Waals surface area contributed by atoms with Crippen LogP contribution in [0.5, 0.6) is 0 Å². The molecule has 37 heavy (non-hydrogen) atoms. The SMILES string of the molecule is CC(C)CC(C(=O)O)c1cccc(-c2ccc(CSCc3ccc(CP(=O)(OF)OF)c(Br)c3)cc2)c1. The summed E-state index contributed by atoms with van der Waals surface area (Å²) >= 11 is 5.04. The Hall–Kier alpha value is -2.03. The quantitative estimate of drug-likeness (QED) is 0.194. The van der Waals surface area contributed by atoms with Crippen molar-refractivity contribution in [3.05, 3.63) is 93.5 Å². The van der Waals surface area contributed by atoms with Crippen LogP contribution in [0.25, 0.3) is 11.1 Å². The molecular formula is C27H28BrF2O5PS. The van der Waals surface area contributed by atoms with Gasteiger partial charge in [-0.25, -0.2) is 0 Å². The number of carbonyl (C=O) groups is 1. The number of halogens is 3. The van der Waals surface area contributed by atoms with Crippen molar-refractivity contribution in [2.24, 2.45) is 5.92 Å². The lowest BCUT2D eigenvalue weighted by Gasteiger charge is -2.16. The van der Waals surface area contributed by atoms with E-state index in [1.54, 1.807) is 23.9 Å². The molecule has 3 aromatic rings. The maximum Gasteiger partial charge on any atom is 0.399 e. The van der Waals surface area contributed by atoms with Crippen LogP contribution in [0.2, 0.25) is 0 Å². The molecule has 0 radical (unpaired) electrons. The first-order valence-corrected chi connectivity index (χ1v) is 15.3. The van der Waals surface area contributed by atoms with Crippen molar-refractivity contribution >= 4 is 41.3 Å². The van der Waals surface area contributed by atoms with E-state index in [4.69, 9.17) is 0 Å². The summed E-state index contributed by atoms with van der Waals surface area (Å²) in [5.74, 6) is 0.429. The molecule has 5 nitrogen and oxygen atoms in total. The van der Waals surface area contributed by atoms with Crippen LogP contribution >= 0.6 is 35.3 Å². The highest BCUT2D eigenvalue weighted by molar-refractivity contribution is 9.10. The molecule has 0 aromatic heterocycles. The Morgan fingerprint density at radius 3 is 2.22 bits per heavy atom. The molecule has 3 aromatic carbocycles. The Morgan fingerprint density at radius 1 is 0.973 bits per heavy atom. The topological polar surface area (TPSA) is 72.8 Å². The van der Waals surface area contributed by atoms with Gasteiger partial charge in [0.2, 0.25) is 0 Å². The van der Waals surface area contributed by atoms with Gasteiger partial charge in [0.15, 0.2) is 0 Å². The first-order valence-electron chi connectivity index (χ1n) is 11.6. The van der Waals surface area contributed by atoms with Gasteiger partial charge in [-0.3, -0.25) is 9.36 Å². The van der Waals surface area contributed by atoms with Crippen LogP contribution in [0.15, 0.2) is 71.2 Å². The van der Waals surface area contributed by atoms with Gasteiger partial charge in [-0.15, -0.1) is 9.46 Å². The Bertz CT molecular complexity index is 1250. The smallest absolute Gasteiger partial charge is 0.399 e. The molecule has 10 heteroatoms. The van der Waals surface area contributed by atoms with Crippen LogP contribution in [0.3, 0.4) is 0 Å². The zero-order valence-corrected chi connectivity index (χ0v) is 23.7. The van der Waals surface area contributed by atoms with Crippen LogP contribution in [0.4, 0.5) is 9.05 Å². The summed E-state index contributed by atoms with van der Waals surface area (Å²) in [6.45, 7) is 4.05. The number of rotatable bonds is 13. The van der Waals surface area contributed by atoms with Gasteiger partial charge in [0.05, 0.1) is 12.1 Å². The molecule has 0 saturated carbocycles. The minimum absolute atomic E-state index is 0.283. The van der Waals surface area contributed by atoms with Gasteiger partial charge in [0, 0.05) is 16.0 Å². The first kappa shape index (κ1) is 29.5. The predicted octanol–water partition coefficient (Wildman–Crippen LogP) is 9.26. The number of carboxylic acids is 1. The second-order valence-corrected chi connectivity index (χ2v) is 12.8. The third kappa shape index (κ3) is 8.48. The maximum atomic E-state index is 12.3. The molecule has 0 aliphatic carbocycles. The second kappa shape index (κ2) is 13.7. The van der Waals surface area contributed by atoms with E-state index in [2.05, 4.69) is 37.5 Å². The molecule has 0 heterocycles. The Labute approximate surface area is 228 Å². The van der Waals surface area contributed by atoms with Gasteiger partial charge in [-0.2, -0.15) is 11.8 Å². The lowest BCUT2D eigenvalue weighted by molar-refractivity contribution is -0.139. The lowest BCUT2D eigenvalue weighted by Crippen LogP contribution is -2.14. The highest BCUT2D eigenvalue weighted by Gasteiger charge is 2.29. The molecule has 3 rings (SSSR count). The van der Waals surface area contributed by atoms with E-state index < -0.39 is 25.6 Å². The van der Waals surface area contributed by atoms with Crippen LogP contribution in [0.1, 0.15) is 48.4 Å². The third-order valence-corrected chi connectivity index (χ3v) is 8.77. The van der Waals surface area contributed by atoms with E-state index >= 15 is 0 Å². The first-order chi connectivity index (χ1) is 17.6. The summed E-state index contributed by atoms with van der Waals surface area (Å²) in [6.07, 6.45) is 0.0606. The summed E-state index contributed by atoms with van der Waals surface area (Å²) in [5.41, 5.74) is 5.36. The standard InChI is InChI=1S/C27H28BrF2O5PS/c1-18(2)12-25(27(31)32)23-5-3-4-22(14-23)21-9-6-19(7-10-21)16-37-17-20-8-11-24(26(28)13-20)15-36(33,34-29)35-30/h3-11,13-14,18,25H,12,15-17H2,1-2H3,(H,31,32). The zero-order chi connectivity index (χ0) is 27.0. The van der Waals surface area contributed by atoms with E-state index in [1.165, 1.54) is 0 Å². The van der Waals surface area contributed by atoms with Crippen molar-refractivity contribution < 1.29 is 33.0 Å². The number of benzene rings is 3. The molecule has 1 unspecified atom stereocenters. The van der Waals surface area contributed by atoms with Gasteiger partial charge in [0.1, 0.15) is 0 Å². The van der Waals surface area contributed by atoms with Gasteiger partial charge in [-0.05, 0) is 60.8 Å². The number of hydrogen-bond donors (Lipinski definition) is 1. The molecule has 0 amide bonds. The second-order valence-electron chi connectivity index (χ2n) is 9.17. The Morgan fingerprint density at radius 2 is 1.62 bits per heavy atom. The zero-order valence-electron chi connectivity index (χ0n) is 20.4. The lowest BCUT2D eigenvalue weighted by atomic mass is 9.88. The van der Waals surface area contributed by atoms with Crippen LogP contribution in [-0.4, -0.2) is 11.1 Å². The third-order valence-electron chi connectivity index (χ3n) is 5.81. The van der Waals surface area contributed by atoms with Gasteiger partial charge < -0.3 is 5.11 Å². The number of thioether (sulfide) groups is 1. The largest absolute Gasteiger partial charge is 0.481 e. The molecule has 0 aliphatic heterocycles. The molecule has 0 saturated heterocycles. The fourth-order valence-electron chi connectivity index (χ4n) is 3.94. The van der Waals surface area contributed by atoms with Crippen molar-refractivity contribution in [1.82, 2.24) is 0 Å². The summed E-state index contributed by atoms with van der Waals surface area (Å²) in [7, 11) is -4.45. The molecule has 0 fully saturated rings. The van der Waals surface area contributed by atoms with Crippen molar-refractivity contribution in [2.45, 2.75) is 43.9 Å². The van der Waals surface area contributed by atoms with Crippen molar-refractivity contribution in [2.75, 3.05) is 0 Å². The van der Waals surface area contributed by atoms with Crippen molar-refractivity contribution in [1.29, 1.82) is 0 Å². The molecule has 1 atom stereocenters. The van der Waals surface area contributed by atoms with Crippen LogP contribution in [-0.2, 0) is 36.5 Å². The Balaban J connectivity index is 1.60. The minimum Gasteiger partial charge on any atom is -0.481 e. The van der Waals surface area contributed by atoms with E-state index in [1.807, 2.05) is 56.3 Å². The Kier molecular flexibility index (Phi) is 10.9. The van der Waals surface area contributed by atoms with Gasteiger partial charge >= 0.3 is 13.6 Å². The number of carboxylic acid groups (broad SMARTS) is 1. The number of aliphatic carboxylic acids is 1. The molecule has 0 bridgehead atoms. The summed E-state index contributed by atoms with van der Waals surface area (Å²) in [4.78, 5) is 11.8. The van der Waals surface area contributed by atoms with Gasteiger partial charge in [0.25, 0.3) is 0 Å². The summed E-state index contributed by atoms with van der Waals surface area (Å²) < 4.78 is 43.3. The van der Waals surface area contributed by atoms with E-state index in [9.17, 15) is 23.5 Å². The molecule has 198 valence electrons. The number of hydrogen-bond acceptors (Lipinski definition) is 5. The molecular weight excluding hydrogens is 585 g/mol. The normalized spacial score (nSPS) is 12.6. The molecule has 1 N–H and O–H groups in total. The molecule has 0 aliphatic rings. The highest BCUT2D eigenvalue weighted by atomic mass is 79.9. The highest BCUT2D eigenvalue weighted by Crippen LogP contribution is 2.53. The summed E-state index contributed by atoms with van der Waals surface area (Å²) in [6, 6.07) is 21.2. The van der Waals surface area contributed by atoms with Gasteiger partial charge in [-0.1, -0.05) is 90.4 Å². The maximum absolute atomic E-state index is 12.3. The fourth-order valence-corrected chi connectivity index (χ4v) is 6.48. The fraction of sp³-hybridized carbons (Fsp3) is 0.296.